The maximum Gasteiger partial charge on any atom is 0.416 e. The topological polar surface area (TPSA) is 75.4 Å². The van der Waals surface area contributed by atoms with E-state index >= 15 is 0 Å². The minimum atomic E-state index is -4.78. The summed E-state index contributed by atoms with van der Waals surface area (Å²) in [6.45, 7) is 5.02. The quantitative estimate of drug-likeness (QED) is 0.531. The zero-order valence-corrected chi connectivity index (χ0v) is 18.9. The monoisotopic (exact) mass is 487 g/mol. The number of halogens is 5. The van der Waals surface area contributed by atoms with Gasteiger partial charge < -0.3 is 11.1 Å². The molecule has 2 amide bonds. The Morgan fingerprint density at radius 1 is 1.19 bits per heavy atom. The summed E-state index contributed by atoms with van der Waals surface area (Å²) < 4.78 is 41.7. The van der Waals surface area contributed by atoms with Gasteiger partial charge in [-0.2, -0.15) is 13.2 Å². The number of rotatable bonds is 7. The molecule has 2 unspecified atom stereocenters. The van der Waals surface area contributed by atoms with Crippen molar-refractivity contribution < 1.29 is 22.8 Å². The van der Waals surface area contributed by atoms with E-state index in [-0.39, 0.29) is 23.2 Å². The Morgan fingerprint density at radius 2 is 1.84 bits per heavy atom. The van der Waals surface area contributed by atoms with Crippen molar-refractivity contribution in [2.75, 3.05) is 18.4 Å². The van der Waals surface area contributed by atoms with Crippen molar-refractivity contribution in [1.82, 2.24) is 4.90 Å². The van der Waals surface area contributed by atoms with Gasteiger partial charge in [0.1, 0.15) is 0 Å². The second kappa shape index (κ2) is 9.29. The summed E-state index contributed by atoms with van der Waals surface area (Å²) in [5.41, 5.74) is 4.26. The summed E-state index contributed by atoms with van der Waals surface area (Å²) >= 11 is 12.4. The zero-order valence-electron chi connectivity index (χ0n) is 17.4. The molecule has 32 heavy (non-hydrogen) atoms. The van der Waals surface area contributed by atoms with Crippen LogP contribution in [-0.4, -0.2) is 29.8 Å². The molecular formula is C22H22Cl2F3N3O2. The first-order chi connectivity index (χ1) is 15.0. The Labute approximate surface area is 193 Å². The molecule has 3 rings (SSSR count). The highest BCUT2D eigenvalue weighted by molar-refractivity contribution is 6.35. The lowest BCUT2D eigenvalue weighted by Crippen LogP contribution is -2.31. The van der Waals surface area contributed by atoms with Crippen molar-refractivity contribution in [2.24, 2.45) is 5.73 Å². The van der Waals surface area contributed by atoms with Crippen molar-refractivity contribution in [1.29, 1.82) is 0 Å². The number of carbonyl (C=O) groups is 2. The fourth-order valence-corrected chi connectivity index (χ4v) is 4.75. The van der Waals surface area contributed by atoms with E-state index in [4.69, 9.17) is 28.9 Å². The SMILES string of the molecule is CCN(CC)C(CC1C(=O)Nc2cc(C(N)=O)cc(C(F)(F)F)c21)c1ccc(Cl)cc1Cl. The first kappa shape index (κ1) is 24.4. The summed E-state index contributed by atoms with van der Waals surface area (Å²) in [5.74, 6) is -2.68. The molecule has 0 bridgehead atoms. The number of amides is 2. The summed E-state index contributed by atoms with van der Waals surface area (Å²) in [6, 6.07) is 6.40. The van der Waals surface area contributed by atoms with Gasteiger partial charge in [-0.05, 0) is 49.3 Å². The number of carbonyl (C=O) groups excluding carboxylic acids is 2. The number of hydrogen-bond donors (Lipinski definition) is 2. The van der Waals surface area contributed by atoms with Gasteiger partial charge in [0.2, 0.25) is 11.8 Å². The first-order valence-corrected chi connectivity index (χ1v) is 10.8. The largest absolute Gasteiger partial charge is 0.416 e. The third-order valence-electron chi connectivity index (χ3n) is 5.73. The van der Waals surface area contributed by atoms with Gasteiger partial charge >= 0.3 is 6.18 Å². The van der Waals surface area contributed by atoms with Gasteiger partial charge in [0.15, 0.2) is 0 Å². The number of nitrogens with one attached hydrogen (secondary N) is 1. The average Bonchev–Trinajstić information content (AvgIpc) is 3.01. The molecule has 0 aromatic heterocycles. The summed E-state index contributed by atoms with van der Waals surface area (Å²) in [7, 11) is 0. The number of primary amides is 1. The van der Waals surface area contributed by atoms with E-state index in [0.29, 0.717) is 34.8 Å². The third kappa shape index (κ3) is 4.72. The molecule has 1 heterocycles. The molecule has 1 aliphatic heterocycles. The molecule has 0 spiro atoms. The van der Waals surface area contributed by atoms with E-state index in [0.717, 1.165) is 0 Å². The molecule has 0 radical (unpaired) electrons. The van der Waals surface area contributed by atoms with Crippen molar-refractivity contribution in [3.8, 4) is 0 Å². The van der Waals surface area contributed by atoms with Crippen LogP contribution in [0, 0.1) is 0 Å². The third-order valence-corrected chi connectivity index (χ3v) is 6.29. The fourth-order valence-electron chi connectivity index (χ4n) is 4.22. The molecule has 2 aromatic rings. The Balaban J connectivity index is 2.13. The molecule has 0 fully saturated rings. The minimum absolute atomic E-state index is 0.0517. The lowest BCUT2D eigenvalue weighted by Gasteiger charge is -2.32. The van der Waals surface area contributed by atoms with Crippen molar-refractivity contribution >= 4 is 40.7 Å². The normalized spacial score (nSPS) is 16.8. The Kier molecular flexibility index (Phi) is 7.07. The van der Waals surface area contributed by atoms with Gasteiger partial charge in [-0.15, -0.1) is 0 Å². The summed E-state index contributed by atoms with van der Waals surface area (Å²) in [5, 5.41) is 3.29. The predicted octanol–water partition coefficient (Wildman–Crippen LogP) is 5.62. The maximum absolute atomic E-state index is 13.9. The van der Waals surface area contributed by atoms with Crippen LogP contribution in [0.1, 0.15) is 59.3 Å². The Bertz CT molecular complexity index is 1060. The number of nitrogens with zero attached hydrogens (tertiary/aromatic N) is 1. The number of fused-ring (bicyclic) bond motifs is 1. The molecular weight excluding hydrogens is 466 g/mol. The second-order valence-corrected chi connectivity index (χ2v) is 8.37. The standard InChI is InChI=1S/C22H22Cl2F3N3O2/c1-3-30(4-2)18(13-6-5-12(23)9-16(13)24)10-14-19-15(22(25,26)27)7-11(20(28)31)8-17(19)29-21(14)32/h5-9,14,18H,3-4,10H2,1-2H3,(H2,28,31)(H,29,32). The predicted molar refractivity (Wildman–Crippen MR) is 118 cm³/mol. The van der Waals surface area contributed by atoms with Crippen LogP contribution in [0.3, 0.4) is 0 Å². The first-order valence-electron chi connectivity index (χ1n) is 10.0. The van der Waals surface area contributed by atoms with Crippen molar-refractivity contribution in [2.45, 2.75) is 38.4 Å². The molecule has 10 heteroatoms. The van der Waals surface area contributed by atoms with Crippen LogP contribution in [-0.2, 0) is 11.0 Å². The van der Waals surface area contributed by atoms with Crippen LogP contribution in [0.2, 0.25) is 10.0 Å². The van der Waals surface area contributed by atoms with E-state index in [1.807, 2.05) is 18.7 Å². The number of hydrogen-bond acceptors (Lipinski definition) is 3. The van der Waals surface area contributed by atoms with Crippen LogP contribution in [0.15, 0.2) is 30.3 Å². The number of alkyl halides is 3. The van der Waals surface area contributed by atoms with E-state index in [9.17, 15) is 22.8 Å². The van der Waals surface area contributed by atoms with Gasteiger partial charge in [0, 0.05) is 32.9 Å². The number of nitrogens with two attached hydrogens (primary N) is 1. The lowest BCUT2D eigenvalue weighted by molar-refractivity contribution is -0.138. The molecule has 3 N–H and O–H groups in total. The van der Waals surface area contributed by atoms with Crippen LogP contribution < -0.4 is 11.1 Å². The van der Waals surface area contributed by atoms with E-state index < -0.39 is 35.5 Å². The smallest absolute Gasteiger partial charge is 0.366 e. The van der Waals surface area contributed by atoms with E-state index in [1.54, 1.807) is 18.2 Å². The number of benzene rings is 2. The van der Waals surface area contributed by atoms with Gasteiger partial charge in [-0.3, -0.25) is 14.5 Å². The van der Waals surface area contributed by atoms with Crippen molar-refractivity contribution in [3.05, 3.63) is 62.6 Å². The van der Waals surface area contributed by atoms with Crippen LogP contribution in [0.4, 0.5) is 18.9 Å². The van der Waals surface area contributed by atoms with Crippen LogP contribution in [0.5, 0.6) is 0 Å². The lowest BCUT2D eigenvalue weighted by atomic mass is 9.86. The van der Waals surface area contributed by atoms with Crippen LogP contribution in [0.25, 0.3) is 0 Å². The Morgan fingerprint density at radius 3 is 2.38 bits per heavy atom. The molecule has 2 atom stereocenters. The molecule has 1 aliphatic rings. The highest BCUT2D eigenvalue weighted by atomic mass is 35.5. The highest BCUT2D eigenvalue weighted by Gasteiger charge is 2.44. The fraction of sp³-hybridized carbons (Fsp3) is 0.364. The molecule has 0 saturated carbocycles. The average molecular weight is 488 g/mol. The van der Waals surface area contributed by atoms with Gasteiger partial charge in [-0.1, -0.05) is 43.1 Å². The molecule has 0 aliphatic carbocycles. The highest BCUT2D eigenvalue weighted by Crippen LogP contribution is 2.47. The molecule has 172 valence electrons. The second-order valence-electron chi connectivity index (χ2n) is 7.53. The minimum Gasteiger partial charge on any atom is -0.366 e. The summed E-state index contributed by atoms with van der Waals surface area (Å²) in [6.07, 6.45) is -4.72. The van der Waals surface area contributed by atoms with Crippen molar-refractivity contribution in [3.63, 3.8) is 0 Å². The number of anilines is 1. The van der Waals surface area contributed by atoms with Gasteiger partial charge in [0.05, 0.1) is 11.5 Å². The van der Waals surface area contributed by atoms with Crippen LogP contribution >= 0.6 is 23.2 Å². The van der Waals surface area contributed by atoms with Gasteiger partial charge in [0.25, 0.3) is 0 Å². The Hall–Kier alpha value is -2.29. The van der Waals surface area contributed by atoms with E-state index in [2.05, 4.69) is 5.32 Å². The summed E-state index contributed by atoms with van der Waals surface area (Å²) in [4.78, 5) is 26.4. The van der Waals surface area contributed by atoms with Gasteiger partial charge in [-0.25, -0.2) is 0 Å². The zero-order chi connectivity index (χ0) is 23.8. The maximum atomic E-state index is 13.9. The molecule has 0 saturated heterocycles. The molecule has 2 aromatic carbocycles. The van der Waals surface area contributed by atoms with E-state index in [1.165, 1.54) is 6.07 Å². The molecule has 5 nitrogen and oxygen atoms in total.